The van der Waals surface area contributed by atoms with E-state index in [-0.39, 0.29) is 12.5 Å². The lowest BCUT2D eigenvalue weighted by atomic mass is 10.3. The zero-order chi connectivity index (χ0) is 15.8. The first-order chi connectivity index (χ1) is 10.7. The van der Waals surface area contributed by atoms with Gasteiger partial charge in [-0.05, 0) is 30.7 Å². The molecule has 0 aliphatic rings. The van der Waals surface area contributed by atoms with Gasteiger partial charge in [-0.2, -0.15) is 5.10 Å². The number of carbonyl (C=O) groups excluding carboxylic acids is 1. The molecule has 0 saturated heterocycles. The van der Waals surface area contributed by atoms with E-state index in [2.05, 4.69) is 10.4 Å². The van der Waals surface area contributed by atoms with Crippen molar-refractivity contribution in [1.82, 2.24) is 15.1 Å². The van der Waals surface area contributed by atoms with Gasteiger partial charge in [-0.1, -0.05) is 11.6 Å². The molecule has 0 saturated carbocycles. The van der Waals surface area contributed by atoms with Gasteiger partial charge in [0.1, 0.15) is 0 Å². The van der Waals surface area contributed by atoms with Gasteiger partial charge >= 0.3 is 0 Å². The van der Waals surface area contributed by atoms with E-state index in [0.717, 1.165) is 5.69 Å². The Balaban J connectivity index is 1.83. The van der Waals surface area contributed by atoms with Gasteiger partial charge in [0, 0.05) is 24.4 Å². The molecule has 2 aromatic rings. The molecule has 118 valence electrons. The van der Waals surface area contributed by atoms with Crippen molar-refractivity contribution in [3.05, 3.63) is 47.2 Å². The number of hydrogen-bond acceptors (Lipinski definition) is 4. The predicted octanol–water partition coefficient (Wildman–Crippen LogP) is 1.65. The number of aromatic nitrogens is 2. The normalized spacial score (nSPS) is 10.6. The monoisotopic (exact) mass is 323 g/mol. The highest BCUT2D eigenvalue weighted by Gasteiger charge is 2.08. The lowest BCUT2D eigenvalue weighted by molar-refractivity contribution is 0.0867. The van der Waals surface area contributed by atoms with E-state index in [1.807, 2.05) is 12.1 Å². The van der Waals surface area contributed by atoms with Crippen molar-refractivity contribution >= 4 is 17.5 Å². The summed E-state index contributed by atoms with van der Waals surface area (Å²) in [6.45, 7) is 1.35. The fraction of sp³-hybridized carbons (Fsp3) is 0.333. The first kappa shape index (κ1) is 16.5. The first-order valence-corrected chi connectivity index (χ1v) is 7.36. The van der Waals surface area contributed by atoms with Gasteiger partial charge in [-0.3, -0.25) is 4.79 Å². The van der Waals surface area contributed by atoms with Crippen LogP contribution in [0.4, 0.5) is 0 Å². The van der Waals surface area contributed by atoms with Crippen LogP contribution >= 0.6 is 11.6 Å². The molecule has 0 fully saturated rings. The molecule has 2 N–H and O–H groups in total. The lowest BCUT2D eigenvalue weighted by Crippen LogP contribution is -2.25. The Kier molecular flexibility index (Phi) is 6.39. The van der Waals surface area contributed by atoms with Crippen LogP contribution in [0.1, 0.15) is 16.8 Å². The summed E-state index contributed by atoms with van der Waals surface area (Å²) in [6, 6.07) is 7.19. The topological polar surface area (TPSA) is 76.4 Å². The van der Waals surface area contributed by atoms with Crippen molar-refractivity contribution in [3.63, 3.8) is 0 Å². The van der Waals surface area contributed by atoms with Gasteiger partial charge in [-0.15, -0.1) is 0 Å². The van der Waals surface area contributed by atoms with E-state index in [1.165, 1.54) is 6.20 Å². The number of rotatable bonds is 8. The number of nitrogens with zero attached hydrogens (tertiary/aromatic N) is 2. The van der Waals surface area contributed by atoms with Gasteiger partial charge in [0.25, 0.3) is 5.91 Å². The summed E-state index contributed by atoms with van der Waals surface area (Å²) in [4.78, 5) is 12.0. The van der Waals surface area contributed by atoms with Crippen molar-refractivity contribution in [2.24, 2.45) is 0 Å². The predicted molar refractivity (Wildman–Crippen MR) is 83.4 cm³/mol. The quantitative estimate of drug-likeness (QED) is 0.724. The molecule has 6 nitrogen and oxygen atoms in total. The SMILES string of the molecule is O=C(NCCCOCCO)c1cnn(-c2ccc(Cl)cc2)c1. The molecule has 2 rings (SSSR count). The van der Waals surface area contributed by atoms with Gasteiger partial charge < -0.3 is 15.2 Å². The van der Waals surface area contributed by atoms with E-state index < -0.39 is 0 Å². The number of halogens is 1. The van der Waals surface area contributed by atoms with Crippen molar-refractivity contribution in [3.8, 4) is 5.69 Å². The Morgan fingerprint density at radius 3 is 2.82 bits per heavy atom. The zero-order valence-electron chi connectivity index (χ0n) is 12.0. The molecular formula is C15H18ClN3O3. The maximum Gasteiger partial charge on any atom is 0.254 e. The van der Waals surface area contributed by atoms with Crippen LogP contribution in [0.5, 0.6) is 0 Å². The van der Waals surface area contributed by atoms with E-state index in [9.17, 15) is 4.79 Å². The Morgan fingerprint density at radius 2 is 2.09 bits per heavy atom. The van der Waals surface area contributed by atoms with Crippen LogP contribution in [0, 0.1) is 0 Å². The first-order valence-electron chi connectivity index (χ1n) is 6.98. The molecular weight excluding hydrogens is 306 g/mol. The molecule has 1 heterocycles. The van der Waals surface area contributed by atoms with Gasteiger partial charge in [-0.25, -0.2) is 4.68 Å². The molecule has 0 radical (unpaired) electrons. The highest BCUT2D eigenvalue weighted by Crippen LogP contribution is 2.13. The van der Waals surface area contributed by atoms with Crippen molar-refractivity contribution < 1.29 is 14.6 Å². The Hall–Kier alpha value is -1.89. The Morgan fingerprint density at radius 1 is 1.32 bits per heavy atom. The number of aliphatic hydroxyl groups is 1. The number of aliphatic hydroxyl groups excluding tert-OH is 1. The van der Waals surface area contributed by atoms with Crippen LogP contribution in [0.25, 0.3) is 5.69 Å². The van der Waals surface area contributed by atoms with Crippen LogP contribution in [0.2, 0.25) is 5.02 Å². The van der Waals surface area contributed by atoms with Crippen LogP contribution < -0.4 is 5.32 Å². The van der Waals surface area contributed by atoms with Crippen LogP contribution in [0.15, 0.2) is 36.7 Å². The third-order valence-electron chi connectivity index (χ3n) is 2.92. The largest absolute Gasteiger partial charge is 0.394 e. The number of benzene rings is 1. The molecule has 0 aliphatic carbocycles. The minimum atomic E-state index is -0.178. The lowest BCUT2D eigenvalue weighted by Gasteiger charge is -2.04. The van der Waals surface area contributed by atoms with Crippen molar-refractivity contribution in [1.29, 1.82) is 0 Å². The third kappa shape index (κ3) is 4.84. The second-order valence-corrected chi connectivity index (χ2v) is 5.03. The maximum absolute atomic E-state index is 12.0. The van der Waals surface area contributed by atoms with E-state index in [4.69, 9.17) is 21.4 Å². The minimum Gasteiger partial charge on any atom is -0.394 e. The summed E-state index contributed by atoms with van der Waals surface area (Å²) in [5, 5.41) is 16.2. The average molecular weight is 324 g/mol. The molecule has 1 aromatic carbocycles. The molecule has 0 atom stereocenters. The highest BCUT2D eigenvalue weighted by atomic mass is 35.5. The van der Waals surface area contributed by atoms with E-state index >= 15 is 0 Å². The number of hydrogen-bond donors (Lipinski definition) is 2. The maximum atomic E-state index is 12.0. The Labute approximate surface area is 133 Å². The van der Waals surface area contributed by atoms with Crippen LogP contribution in [-0.2, 0) is 4.74 Å². The fourth-order valence-corrected chi connectivity index (χ4v) is 1.95. The van der Waals surface area contributed by atoms with Crippen molar-refractivity contribution in [2.45, 2.75) is 6.42 Å². The minimum absolute atomic E-state index is 0.0102. The van der Waals surface area contributed by atoms with E-state index in [1.54, 1.807) is 23.0 Å². The van der Waals surface area contributed by atoms with Gasteiger partial charge in [0.15, 0.2) is 0 Å². The van der Waals surface area contributed by atoms with E-state index in [0.29, 0.717) is 36.8 Å². The summed E-state index contributed by atoms with van der Waals surface area (Å²) in [5.74, 6) is -0.178. The molecule has 0 spiro atoms. The van der Waals surface area contributed by atoms with Crippen molar-refractivity contribution in [2.75, 3.05) is 26.4 Å². The molecule has 0 bridgehead atoms. The summed E-state index contributed by atoms with van der Waals surface area (Å²) >= 11 is 5.84. The summed E-state index contributed by atoms with van der Waals surface area (Å²) in [6.07, 6.45) is 3.88. The summed E-state index contributed by atoms with van der Waals surface area (Å²) in [5.41, 5.74) is 1.33. The zero-order valence-corrected chi connectivity index (χ0v) is 12.8. The summed E-state index contributed by atoms with van der Waals surface area (Å²) in [7, 11) is 0. The molecule has 0 unspecified atom stereocenters. The number of ether oxygens (including phenoxy) is 1. The molecule has 7 heteroatoms. The number of carbonyl (C=O) groups is 1. The Bertz CT molecular complexity index is 598. The highest BCUT2D eigenvalue weighted by molar-refractivity contribution is 6.30. The van der Waals surface area contributed by atoms with Crippen LogP contribution in [0.3, 0.4) is 0 Å². The van der Waals surface area contributed by atoms with Gasteiger partial charge in [0.05, 0.1) is 30.7 Å². The smallest absolute Gasteiger partial charge is 0.254 e. The molecule has 1 aromatic heterocycles. The second kappa shape index (κ2) is 8.53. The summed E-state index contributed by atoms with van der Waals surface area (Å²) < 4.78 is 6.73. The molecule has 0 aliphatic heterocycles. The third-order valence-corrected chi connectivity index (χ3v) is 3.17. The number of nitrogens with one attached hydrogen (secondary N) is 1. The van der Waals surface area contributed by atoms with Crippen LogP contribution in [-0.4, -0.2) is 47.2 Å². The number of amides is 1. The molecule has 1 amide bonds. The molecule has 22 heavy (non-hydrogen) atoms. The fourth-order valence-electron chi connectivity index (χ4n) is 1.82. The standard InChI is InChI=1S/C15H18ClN3O3/c16-13-2-4-14(5-3-13)19-11-12(10-18-19)15(21)17-6-1-8-22-9-7-20/h2-5,10-11,20H,1,6-9H2,(H,17,21). The second-order valence-electron chi connectivity index (χ2n) is 4.60. The van der Waals surface area contributed by atoms with Gasteiger partial charge in [0.2, 0.25) is 0 Å². The average Bonchev–Trinajstić information content (AvgIpc) is 3.01.